The molecule has 0 bridgehead atoms. The lowest BCUT2D eigenvalue weighted by molar-refractivity contribution is 0.0690. The van der Waals surface area contributed by atoms with E-state index in [0.717, 1.165) is 31.6 Å². The van der Waals surface area contributed by atoms with Crippen LogP contribution >= 0.6 is 0 Å². The molecule has 1 fully saturated rings. The summed E-state index contributed by atoms with van der Waals surface area (Å²) in [4.78, 5) is 17.2. The Morgan fingerprint density at radius 1 is 1.50 bits per heavy atom. The van der Waals surface area contributed by atoms with Crippen LogP contribution in [0.3, 0.4) is 0 Å². The van der Waals surface area contributed by atoms with Crippen molar-refractivity contribution in [1.82, 2.24) is 9.88 Å². The van der Waals surface area contributed by atoms with Gasteiger partial charge in [0, 0.05) is 19.7 Å². The molecule has 2 heterocycles. The summed E-state index contributed by atoms with van der Waals surface area (Å²) in [5.74, 6) is -0.436. The van der Waals surface area contributed by atoms with Crippen LogP contribution in [0.2, 0.25) is 0 Å². The average molecular weight is 250 g/mol. The second-order valence-corrected chi connectivity index (χ2v) is 4.72. The number of pyridine rings is 1. The van der Waals surface area contributed by atoms with Gasteiger partial charge in [0.25, 0.3) is 0 Å². The Balaban J connectivity index is 1.94. The number of hydrogen-bond acceptors (Lipinski definition) is 4. The second-order valence-electron chi connectivity index (χ2n) is 4.72. The molecule has 1 saturated heterocycles. The van der Waals surface area contributed by atoms with Crippen molar-refractivity contribution in [2.45, 2.75) is 19.4 Å². The maximum Gasteiger partial charge on any atom is 0.354 e. The molecule has 1 aromatic heterocycles. The summed E-state index contributed by atoms with van der Waals surface area (Å²) in [7, 11) is 0. The largest absolute Gasteiger partial charge is 0.477 e. The molecule has 5 nitrogen and oxygen atoms in total. The number of carboxylic acid groups (broad SMARTS) is 1. The molecule has 2 rings (SSSR count). The van der Waals surface area contributed by atoms with E-state index in [9.17, 15) is 4.79 Å². The Kier molecular flexibility index (Phi) is 4.28. The Hall–Kier alpha value is -1.46. The first-order valence-corrected chi connectivity index (χ1v) is 6.21. The quantitative estimate of drug-likeness (QED) is 0.815. The van der Waals surface area contributed by atoms with E-state index in [1.54, 1.807) is 6.07 Å². The minimum absolute atomic E-state index is 0.0959. The molecule has 2 N–H and O–H groups in total. The van der Waals surface area contributed by atoms with Crippen molar-refractivity contribution in [1.29, 1.82) is 0 Å². The van der Waals surface area contributed by atoms with Crippen molar-refractivity contribution in [3.8, 4) is 0 Å². The number of aromatic nitrogens is 1. The molecule has 0 spiro atoms. The first kappa shape index (κ1) is 13.0. The number of nitrogens with zero attached hydrogens (tertiary/aromatic N) is 2. The molecule has 0 amide bonds. The van der Waals surface area contributed by atoms with E-state index in [4.69, 9.17) is 10.2 Å². The highest BCUT2D eigenvalue weighted by Crippen LogP contribution is 2.20. The van der Waals surface area contributed by atoms with E-state index in [1.165, 1.54) is 6.07 Å². The molecule has 0 saturated carbocycles. The average Bonchev–Trinajstić information content (AvgIpc) is 2.77. The summed E-state index contributed by atoms with van der Waals surface area (Å²) >= 11 is 0. The van der Waals surface area contributed by atoms with Crippen LogP contribution in [0.4, 0.5) is 0 Å². The normalized spacial score (nSPS) is 20.2. The number of hydrogen-bond donors (Lipinski definition) is 2. The molecular formula is C13H18N2O3. The van der Waals surface area contributed by atoms with Crippen LogP contribution in [0, 0.1) is 5.92 Å². The molecule has 5 heteroatoms. The molecule has 0 aromatic carbocycles. The lowest BCUT2D eigenvalue weighted by atomic mass is 10.1. The van der Waals surface area contributed by atoms with Gasteiger partial charge in [-0.15, -0.1) is 0 Å². The molecule has 0 aliphatic carbocycles. The SMILES string of the molecule is O=C(O)c1cccc(CN2CCC(CCO)C2)n1. The topological polar surface area (TPSA) is 73.7 Å². The zero-order valence-electron chi connectivity index (χ0n) is 10.2. The van der Waals surface area contributed by atoms with Gasteiger partial charge in [-0.3, -0.25) is 4.90 Å². The molecular weight excluding hydrogens is 232 g/mol. The first-order valence-electron chi connectivity index (χ1n) is 6.21. The summed E-state index contributed by atoms with van der Waals surface area (Å²) in [6.45, 7) is 2.87. The Bertz CT molecular complexity index is 422. The third-order valence-electron chi connectivity index (χ3n) is 3.32. The maximum absolute atomic E-state index is 10.8. The van der Waals surface area contributed by atoms with E-state index >= 15 is 0 Å². The van der Waals surface area contributed by atoms with E-state index in [2.05, 4.69) is 9.88 Å². The molecule has 1 aliphatic rings. The maximum atomic E-state index is 10.8. The lowest BCUT2D eigenvalue weighted by Crippen LogP contribution is -2.21. The summed E-state index contributed by atoms with van der Waals surface area (Å²) in [5.41, 5.74) is 0.887. The van der Waals surface area contributed by atoms with E-state index in [1.807, 2.05) is 6.07 Å². The van der Waals surface area contributed by atoms with Crippen LogP contribution in [-0.2, 0) is 6.54 Å². The van der Waals surface area contributed by atoms with Crippen molar-refractivity contribution in [3.05, 3.63) is 29.6 Å². The minimum Gasteiger partial charge on any atom is -0.477 e. The van der Waals surface area contributed by atoms with Gasteiger partial charge in [0.15, 0.2) is 0 Å². The molecule has 98 valence electrons. The second kappa shape index (κ2) is 5.93. The van der Waals surface area contributed by atoms with Crippen LogP contribution < -0.4 is 0 Å². The Labute approximate surface area is 106 Å². The zero-order valence-corrected chi connectivity index (χ0v) is 10.2. The van der Waals surface area contributed by atoms with Gasteiger partial charge in [0.05, 0.1) is 5.69 Å². The number of rotatable bonds is 5. The predicted molar refractivity (Wildman–Crippen MR) is 66.3 cm³/mol. The summed E-state index contributed by atoms with van der Waals surface area (Å²) in [6, 6.07) is 5.09. The lowest BCUT2D eigenvalue weighted by Gasteiger charge is -2.15. The van der Waals surface area contributed by atoms with Crippen molar-refractivity contribution in [2.24, 2.45) is 5.92 Å². The Morgan fingerprint density at radius 3 is 3.06 bits per heavy atom. The predicted octanol–water partition coefficient (Wildman–Crippen LogP) is 0.984. The zero-order chi connectivity index (χ0) is 13.0. The van der Waals surface area contributed by atoms with Gasteiger partial charge < -0.3 is 10.2 Å². The highest BCUT2D eigenvalue weighted by atomic mass is 16.4. The first-order chi connectivity index (χ1) is 8.69. The van der Waals surface area contributed by atoms with Crippen molar-refractivity contribution in [3.63, 3.8) is 0 Å². The molecule has 1 unspecified atom stereocenters. The van der Waals surface area contributed by atoms with Crippen LogP contribution in [0.1, 0.15) is 29.0 Å². The third-order valence-corrected chi connectivity index (χ3v) is 3.32. The summed E-state index contributed by atoms with van der Waals surface area (Å²) in [5, 5.41) is 17.8. The van der Waals surface area contributed by atoms with Gasteiger partial charge in [0.2, 0.25) is 0 Å². The number of aliphatic hydroxyl groups is 1. The number of carbonyl (C=O) groups is 1. The van der Waals surface area contributed by atoms with Crippen molar-refractivity contribution in [2.75, 3.05) is 19.7 Å². The number of carboxylic acids is 1. The fourth-order valence-electron chi connectivity index (χ4n) is 2.39. The fraction of sp³-hybridized carbons (Fsp3) is 0.538. The van der Waals surface area contributed by atoms with Gasteiger partial charge in [0.1, 0.15) is 5.69 Å². The van der Waals surface area contributed by atoms with Crippen LogP contribution in [0.15, 0.2) is 18.2 Å². The molecule has 1 aromatic rings. The van der Waals surface area contributed by atoms with Crippen molar-refractivity contribution < 1.29 is 15.0 Å². The van der Waals surface area contributed by atoms with Crippen molar-refractivity contribution >= 4 is 5.97 Å². The molecule has 18 heavy (non-hydrogen) atoms. The van der Waals surface area contributed by atoms with Gasteiger partial charge >= 0.3 is 5.97 Å². The van der Waals surface area contributed by atoms with Crippen LogP contribution in [0.5, 0.6) is 0 Å². The monoisotopic (exact) mass is 250 g/mol. The molecule has 1 atom stereocenters. The highest BCUT2D eigenvalue weighted by Gasteiger charge is 2.22. The smallest absolute Gasteiger partial charge is 0.354 e. The summed E-state index contributed by atoms with van der Waals surface area (Å²) < 4.78 is 0. The van der Waals surface area contributed by atoms with Gasteiger partial charge in [-0.2, -0.15) is 0 Å². The van der Waals surface area contributed by atoms with E-state index < -0.39 is 5.97 Å². The molecule has 0 radical (unpaired) electrons. The van der Waals surface area contributed by atoms with E-state index in [0.29, 0.717) is 12.5 Å². The fourth-order valence-corrected chi connectivity index (χ4v) is 2.39. The van der Waals surface area contributed by atoms with Gasteiger partial charge in [-0.05, 0) is 37.4 Å². The molecule has 1 aliphatic heterocycles. The summed E-state index contributed by atoms with van der Waals surface area (Å²) in [6.07, 6.45) is 1.94. The van der Waals surface area contributed by atoms with E-state index in [-0.39, 0.29) is 12.3 Å². The Morgan fingerprint density at radius 2 is 2.33 bits per heavy atom. The minimum atomic E-state index is -0.989. The van der Waals surface area contributed by atoms with Crippen LogP contribution in [0.25, 0.3) is 0 Å². The number of likely N-dealkylation sites (tertiary alicyclic amines) is 1. The third kappa shape index (κ3) is 3.27. The van der Waals surface area contributed by atoms with Gasteiger partial charge in [-0.1, -0.05) is 6.07 Å². The standard InChI is InChI=1S/C13H18N2O3/c16-7-5-10-4-6-15(8-10)9-11-2-1-3-12(14-11)13(17)18/h1-3,10,16H,4-9H2,(H,17,18). The van der Waals surface area contributed by atoms with Crippen LogP contribution in [-0.4, -0.2) is 45.8 Å². The highest BCUT2D eigenvalue weighted by molar-refractivity contribution is 5.85. The number of aromatic carboxylic acids is 1. The van der Waals surface area contributed by atoms with Gasteiger partial charge in [-0.25, -0.2) is 9.78 Å². The number of aliphatic hydroxyl groups excluding tert-OH is 1.